The molecule has 0 saturated carbocycles. The molecule has 3 rings (SSSR count). The highest BCUT2D eigenvalue weighted by molar-refractivity contribution is 6.52. The molecular formula is C18H17NO4. The highest BCUT2D eigenvalue weighted by atomic mass is 16.5. The lowest BCUT2D eigenvalue weighted by atomic mass is 9.92. The number of ketones is 1. The minimum absolute atomic E-state index is 0.0735. The van der Waals surface area contributed by atoms with Crippen LogP contribution in [0.4, 0.5) is 0 Å². The summed E-state index contributed by atoms with van der Waals surface area (Å²) in [5.74, 6) is 0.950. The summed E-state index contributed by atoms with van der Waals surface area (Å²) in [5.41, 5.74) is 2.56. The molecule has 5 heteroatoms. The number of fused-ring (bicyclic) bond motifs is 1. The van der Waals surface area contributed by atoms with Gasteiger partial charge in [-0.3, -0.25) is 9.79 Å². The maximum absolute atomic E-state index is 12.8. The number of phenols is 1. The SMILES string of the molecule is COc1ccc(C(=O)C2=NCCc3cc(O)c(OC)cc32)cc1. The molecule has 0 saturated heterocycles. The highest BCUT2D eigenvalue weighted by Gasteiger charge is 2.23. The number of carbonyl (C=O) groups excluding carboxylic acids is 1. The quantitative estimate of drug-likeness (QED) is 0.881. The van der Waals surface area contributed by atoms with E-state index in [-0.39, 0.29) is 11.5 Å². The lowest BCUT2D eigenvalue weighted by Gasteiger charge is -2.18. The molecule has 0 atom stereocenters. The number of ether oxygens (including phenoxy) is 2. The van der Waals surface area contributed by atoms with E-state index in [9.17, 15) is 9.90 Å². The third kappa shape index (κ3) is 2.77. The Bertz CT molecular complexity index is 778. The summed E-state index contributed by atoms with van der Waals surface area (Å²) >= 11 is 0. The van der Waals surface area contributed by atoms with Gasteiger partial charge in [0.15, 0.2) is 11.5 Å². The Labute approximate surface area is 134 Å². The Morgan fingerprint density at radius 1 is 1.13 bits per heavy atom. The van der Waals surface area contributed by atoms with Crippen LogP contribution in [0.3, 0.4) is 0 Å². The molecule has 118 valence electrons. The summed E-state index contributed by atoms with van der Waals surface area (Å²) in [4.78, 5) is 17.2. The van der Waals surface area contributed by atoms with Crippen LogP contribution in [0.2, 0.25) is 0 Å². The molecule has 1 aliphatic heterocycles. The molecule has 0 unspecified atom stereocenters. The largest absolute Gasteiger partial charge is 0.504 e. The molecule has 0 bridgehead atoms. The van der Waals surface area contributed by atoms with Crippen LogP contribution < -0.4 is 9.47 Å². The molecule has 1 N–H and O–H groups in total. The molecule has 1 heterocycles. The third-order valence-electron chi connectivity index (χ3n) is 3.88. The Kier molecular flexibility index (Phi) is 4.02. The van der Waals surface area contributed by atoms with E-state index in [0.29, 0.717) is 41.3 Å². The molecule has 2 aromatic rings. The van der Waals surface area contributed by atoms with Crippen LogP contribution in [0.15, 0.2) is 41.4 Å². The number of hydrogen-bond acceptors (Lipinski definition) is 5. The molecule has 2 aromatic carbocycles. The second-order valence-corrected chi connectivity index (χ2v) is 5.22. The summed E-state index contributed by atoms with van der Waals surface area (Å²) in [6.45, 7) is 0.524. The van der Waals surface area contributed by atoms with Gasteiger partial charge >= 0.3 is 0 Å². The van der Waals surface area contributed by atoms with Crippen LogP contribution in [0.5, 0.6) is 17.2 Å². The molecule has 0 radical (unpaired) electrons. The number of benzene rings is 2. The van der Waals surface area contributed by atoms with Gasteiger partial charge < -0.3 is 14.6 Å². The van der Waals surface area contributed by atoms with Gasteiger partial charge in [-0.05, 0) is 48.4 Å². The Balaban J connectivity index is 2.00. The first kappa shape index (κ1) is 15.1. The molecule has 0 fully saturated rings. The van der Waals surface area contributed by atoms with E-state index in [4.69, 9.17) is 9.47 Å². The van der Waals surface area contributed by atoms with Gasteiger partial charge in [0.05, 0.1) is 14.2 Å². The monoisotopic (exact) mass is 311 g/mol. The molecule has 23 heavy (non-hydrogen) atoms. The number of Topliss-reactive ketones (excluding diaryl/α,β-unsaturated/α-hetero) is 1. The number of methoxy groups -OCH3 is 2. The van der Waals surface area contributed by atoms with E-state index < -0.39 is 0 Å². The van der Waals surface area contributed by atoms with Crippen LogP contribution in [-0.2, 0) is 6.42 Å². The van der Waals surface area contributed by atoms with Crippen molar-refractivity contribution in [2.75, 3.05) is 20.8 Å². The fraction of sp³-hybridized carbons (Fsp3) is 0.222. The predicted octanol–water partition coefficient (Wildman–Crippen LogP) is 2.64. The summed E-state index contributed by atoms with van der Waals surface area (Å²) in [7, 11) is 3.06. The Hall–Kier alpha value is -2.82. The minimum atomic E-state index is -0.152. The molecule has 0 aromatic heterocycles. The van der Waals surface area contributed by atoms with Crippen LogP contribution >= 0.6 is 0 Å². The highest BCUT2D eigenvalue weighted by Crippen LogP contribution is 2.32. The summed E-state index contributed by atoms with van der Waals surface area (Å²) in [5, 5.41) is 9.90. The first-order valence-electron chi connectivity index (χ1n) is 7.27. The predicted molar refractivity (Wildman–Crippen MR) is 87.1 cm³/mol. The molecule has 1 aliphatic rings. The zero-order chi connectivity index (χ0) is 16.4. The molecule has 0 amide bonds. The average Bonchev–Trinajstić information content (AvgIpc) is 2.60. The van der Waals surface area contributed by atoms with Crippen molar-refractivity contribution >= 4 is 11.5 Å². The summed E-state index contributed by atoms with van der Waals surface area (Å²) < 4.78 is 10.3. The third-order valence-corrected chi connectivity index (χ3v) is 3.88. The lowest BCUT2D eigenvalue weighted by Crippen LogP contribution is -2.22. The molecule has 0 spiro atoms. The van der Waals surface area contributed by atoms with Gasteiger partial charge in [-0.1, -0.05) is 0 Å². The normalized spacial score (nSPS) is 13.0. The van der Waals surface area contributed by atoms with E-state index in [2.05, 4.69) is 4.99 Å². The zero-order valence-electron chi connectivity index (χ0n) is 13.0. The summed E-state index contributed by atoms with van der Waals surface area (Å²) in [6.07, 6.45) is 0.687. The van der Waals surface area contributed by atoms with Gasteiger partial charge in [0.1, 0.15) is 11.5 Å². The summed E-state index contributed by atoms with van der Waals surface area (Å²) in [6, 6.07) is 10.2. The van der Waals surface area contributed by atoms with Gasteiger partial charge in [-0.25, -0.2) is 0 Å². The van der Waals surface area contributed by atoms with Crippen molar-refractivity contribution < 1.29 is 19.4 Å². The van der Waals surface area contributed by atoms with Crippen molar-refractivity contribution in [3.8, 4) is 17.2 Å². The first-order valence-corrected chi connectivity index (χ1v) is 7.27. The van der Waals surface area contributed by atoms with Gasteiger partial charge in [0.25, 0.3) is 0 Å². The van der Waals surface area contributed by atoms with Gasteiger partial charge in [-0.2, -0.15) is 0 Å². The molecular weight excluding hydrogens is 294 g/mol. The van der Waals surface area contributed by atoms with Crippen molar-refractivity contribution in [2.45, 2.75) is 6.42 Å². The number of rotatable bonds is 4. The van der Waals surface area contributed by atoms with Crippen molar-refractivity contribution in [1.82, 2.24) is 0 Å². The van der Waals surface area contributed by atoms with Gasteiger partial charge in [0.2, 0.25) is 5.78 Å². The topological polar surface area (TPSA) is 68.1 Å². The number of aliphatic imine (C=N–C) groups is 1. The van der Waals surface area contributed by atoms with Crippen molar-refractivity contribution in [1.29, 1.82) is 0 Å². The van der Waals surface area contributed by atoms with Crippen molar-refractivity contribution in [3.05, 3.63) is 53.1 Å². The lowest BCUT2D eigenvalue weighted by molar-refractivity contribution is 0.106. The maximum Gasteiger partial charge on any atom is 0.211 e. The first-order chi connectivity index (χ1) is 11.1. The van der Waals surface area contributed by atoms with Crippen LogP contribution in [-0.4, -0.2) is 37.4 Å². The molecule has 0 aliphatic carbocycles. The van der Waals surface area contributed by atoms with E-state index in [0.717, 1.165) is 5.56 Å². The fourth-order valence-electron chi connectivity index (χ4n) is 2.65. The number of hydrogen-bond donors (Lipinski definition) is 1. The fourth-order valence-corrected chi connectivity index (χ4v) is 2.65. The van der Waals surface area contributed by atoms with E-state index in [1.807, 2.05) is 0 Å². The van der Waals surface area contributed by atoms with Crippen molar-refractivity contribution in [2.24, 2.45) is 4.99 Å². The smallest absolute Gasteiger partial charge is 0.211 e. The Morgan fingerprint density at radius 3 is 2.52 bits per heavy atom. The maximum atomic E-state index is 12.8. The second kappa shape index (κ2) is 6.12. The number of carbonyl (C=O) groups is 1. The number of phenolic OH excluding ortho intramolecular Hbond substituents is 1. The Morgan fingerprint density at radius 2 is 1.87 bits per heavy atom. The minimum Gasteiger partial charge on any atom is -0.504 e. The van der Waals surface area contributed by atoms with E-state index >= 15 is 0 Å². The van der Waals surface area contributed by atoms with E-state index in [1.54, 1.807) is 43.5 Å². The number of aromatic hydroxyl groups is 1. The van der Waals surface area contributed by atoms with Gasteiger partial charge in [0, 0.05) is 17.7 Å². The number of nitrogens with zero attached hydrogens (tertiary/aromatic N) is 1. The standard InChI is InChI=1S/C18H17NO4/c1-22-13-5-3-11(4-6-13)18(21)17-14-10-16(23-2)15(20)9-12(14)7-8-19-17/h3-6,9-10,20H,7-8H2,1-2H3. The zero-order valence-corrected chi connectivity index (χ0v) is 13.0. The van der Waals surface area contributed by atoms with Gasteiger partial charge in [-0.15, -0.1) is 0 Å². The van der Waals surface area contributed by atoms with Crippen LogP contribution in [0, 0.1) is 0 Å². The van der Waals surface area contributed by atoms with Crippen LogP contribution in [0.25, 0.3) is 0 Å². The molecule has 5 nitrogen and oxygen atoms in total. The van der Waals surface area contributed by atoms with Crippen molar-refractivity contribution in [3.63, 3.8) is 0 Å². The van der Waals surface area contributed by atoms with Crippen LogP contribution in [0.1, 0.15) is 21.5 Å². The van der Waals surface area contributed by atoms with E-state index in [1.165, 1.54) is 7.11 Å². The average molecular weight is 311 g/mol. The second-order valence-electron chi connectivity index (χ2n) is 5.22.